The molecule has 1 fully saturated rings. The molecule has 4 N–H and O–H groups in total. The summed E-state index contributed by atoms with van der Waals surface area (Å²) in [7, 11) is 0. The van der Waals surface area contributed by atoms with E-state index in [9.17, 15) is 14.4 Å². The minimum Gasteiger partial charge on any atom is -0.472 e. The third kappa shape index (κ3) is 5.11. The number of benzene rings is 1. The Bertz CT molecular complexity index is 1290. The quantitative estimate of drug-likeness (QED) is 0.456. The van der Waals surface area contributed by atoms with Gasteiger partial charge in [-0.3, -0.25) is 14.4 Å². The molecule has 1 atom stereocenters. The number of piperidine rings is 1. The predicted octanol–water partition coefficient (Wildman–Crippen LogP) is 2.46. The third-order valence-corrected chi connectivity index (χ3v) is 7.28. The van der Waals surface area contributed by atoms with Crippen molar-refractivity contribution in [2.75, 3.05) is 13.1 Å². The van der Waals surface area contributed by atoms with Gasteiger partial charge in [0.2, 0.25) is 5.91 Å². The maximum Gasteiger partial charge on any atom is 0.267 e. The van der Waals surface area contributed by atoms with Gasteiger partial charge in [-0.25, -0.2) is 5.10 Å². The van der Waals surface area contributed by atoms with E-state index in [1.54, 1.807) is 11.0 Å². The Balaban J connectivity index is 1.20. The highest BCUT2D eigenvalue weighted by Crippen LogP contribution is 2.24. The van der Waals surface area contributed by atoms with E-state index in [2.05, 4.69) is 15.5 Å². The van der Waals surface area contributed by atoms with Gasteiger partial charge in [-0.1, -0.05) is 12.1 Å². The molecular formula is C27H31N5O4. The molecule has 9 nitrogen and oxygen atoms in total. The van der Waals surface area contributed by atoms with Gasteiger partial charge in [-0.05, 0) is 67.9 Å². The van der Waals surface area contributed by atoms with Crippen molar-refractivity contribution < 1.29 is 14.0 Å². The lowest BCUT2D eigenvalue weighted by molar-refractivity contribution is -0.127. The number of carbonyl (C=O) groups excluding carboxylic acids is 2. The zero-order valence-corrected chi connectivity index (χ0v) is 20.2. The summed E-state index contributed by atoms with van der Waals surface area (Å²) in [6.45, 7) is 1.02. The minimum atomic E-state index is -0.610. The molecule has 0 saturated carbocycles. The summed E-state index contributed by atoms with van der Waals surface area (Å²) in [6, 6.07) is 9.33. The number of fused-ring (bicyclic) bond motifs is 1. The van der Waals surface area contributed by atoms with E-state index in [0.29, 0.717) is 43.5 Å². The van der Waals surface area contributed by atoms with Crippen molar-refractivity contribution >= 4 is 11.8 Å². The first-order valence-electron chi connectivity index (χ1n) is 12.5. The van der Waals surface area contributed by atoms with Crippen LogP contribution in [-0.4, -0.2) is 40.0 Å². The van der Waals surface area contributed by atoms with E-state index in [1.165, 1.54) is 12.5 Å². The molecule has 0 spiro atoms. The van der Waals surface area contributed by atoms with Crippen molar-refractivity contribution in [2.24, 2.45) is 11.7 Å². The molecule has 3 aromatic rings. The van der Waals surface area contributed by atoms with E-state index in [0.717, 1.165) is 48.1 Å². The van der Waals surface area contributed by atoms with Gasteiger partial charge in [0.1, 0.15) is 6.17 Å². The lowest BCUT2D eigenvalue weighted by atomic mass is 9.90. The molecule has 3 heterocycles. The van der Waals surface area contributed by atoms with Crippen LogP contribution in [0.25, 0.3) is 0 Å². The second kappa shape index (κ2) is 10.5. The number of nitrogens with zero attached hydrogens (tertiary/aromatic N) is 2. The van der Waals surface area contributed by atoms with Crippen LogP contribution in [0.4, 0.5) is 0 Å². The highest BCUT2D eigenvalue weighted by molar-refractivity contribution is 5.94. The van der Waals surface area contributed by atoms with Crippen molar-refractivity contribution in [3.8, 4) is 0 Å². The van der Waals surface area contributed by atoms with E-state index in [-0.39, 0.29) is 23.3 Å². The molecule has 188 valence electrons. The van der Waals surface area contributed by atoms with Gasteiger partial charge in [0.05, 0.1) is 18.2 Å². The highest BCUT2D eigenvalue weighted by Gasteiger charge is 2.29. The number of likely N-dealkylation sites (tertiary alicyclic amines) is 1. The number of nitrogens with two attached hydrogens (primary N) is 1. The molecular weight excluding hydrogens is 458 g/mol. The molecule has 1 unspecified atom stereocenters. The van der Waals surface area contributed by atoms with Crippen molar-refractivity contribution in [3.63, 3.8) is 0 Å². The number of hydrogen-bond donors (Lipinski definition) is 3. The minimum absolute atomic E-state index is 0.0396. The SMILES string of the molecule is NC(NC(=O)C1CCN(C(=O)c2cccc(Cc3n[nH]c(=O)c4c3CCCC4)c2)CC1)c1ccoc1. The van der Waals surface area contributed by atoms with Crippen molar-refractivity contribution in [2.45, 2.75) is 51.1 Å². The van der Waals surface area contributed by atoms with Crippen LogP contribution in [0, 0.1) is 5.92 Å². The van der Waals surface area contributed by atoms with Crippen LogP contribution in [0.5, 0.6) is 0 Å². The molecule has 1 saturated heterocycles. The summed E-state index contributed by atoms with van der Waals surface area (Å²) < 4.78 is 5.02. The third-order valence-electron chi connectivity index (χ3n) is 7.28. The molecule has 1 aliphatic heterocycles. The second-order valence-electron chi connectivity index (χ2n) is 9.65. The van der Waals surface area contributed by atoms with Crippen molar-refractivity contribution in [1.82, 2.24) is 20.4 Å². The van der Waals surface area contributed by atoms with E-state index >= 15 is 0 Å². The van der Waals surface area contributed by atoms with Gasteiger partial charge >= 0.3 is 0 Å². The summed E-state index contributed by atoms with van der Waals surface area (Å²) >= 11 is 0. The fourth-order valence-electron chi connectivity index (χ4n) is 5.22. The zero-order chi connectivity index (χ0) is 25.1. The molecule has 36 heavy (non-hydrogen) atoms. The highest BCUT2D eigenvalue weighted by atomic mass is 16.3. The largest absolute Gasteiger partial charge is 0.472 e. The van der Waals surface area contributed by atoms with E-state index in [4.69, 9.17) is 10.2 Å². The summed E-state index contributed by atoms with van der Waals surface area (Å²) in [6.07, 6.45) is 7.92. The molecule has 9 heteroatoms. The van der Waals surface area contributed by atoms with Gasteiger partial charge in [-0.15, -0.1) is 0 Å². The number of furan rings is 1. The van der Waals surface area contributed by atoms with E-state index in [1.807, 2.05) is 24.3 Å². The zero-order valence-electron chi connectivity index (χ0n) is 20.2. The number of aromatic nitrogens is 2. The predicted molar refractivity (Wildman–Crippen MR) is 133 cm³/mol. The topological polar surface area (TPSA) is 134 Å². The standard InChI is InChI=1S/C27H31N5O4/c28-24(20-10-13-36-16-20)29-25(33)18-8-11-32(12-9-18)27(35)19-5-3-4-17(14-19)15-23-21-6-1-2-7-22(21)26(34)31-30-23/h3-5,10,13-14,16,18,24H,1-2,6-9,11-12,15,28H2,(H,29,33)(H,31,34). The van der Waals surface area contributed by atoms with Crippen LogP contribution in [0.15, 0.2) is 52.1 Å². The first-order valence-corrected chi connectivity index (χ1v) is 12.5. The maximum absolute atomic E-state index is 13.2. The molecule has 1 aromatic carbocycles. The summed E-state index contributed by atoms with van der Waals surface area (Å²) in [5, 5.41) is 9.80. The Morgan fingerprint density at radius 2 is 1.94 bits per heavy atom. The first-order chi connectivity index (χ1) is 17.5. The van der Waals surface area contributed by atoms with Gasteiger partial charge < -0.3 is 20.4 Å². The van der Waals surface area contributed by atoms with Gasteiger partial charge in [0, 0.05) is 42.1 Å². The average molecular weight is 490 g/mol. The number of carbonyl (C=O) groups is 2. The Kier molecular flexibility index (Phi) is 6.99. The second-order valence-corrected chi connectivity index (χ2v) is 9.65. The van der Waals surface area contributed by atoms with Crippen LogP contribution >= 0.6 is 0 Å². The van der Waals surface area contributed by atoms with Crippen molar-refractivity contribution in [3.05, 3.63) is 86.7 Å². The van der Waals surface area contributed by atoms with Gasteiger partial charge in [0.25, 0.3) is 11.5 Å². The number of nitrogens with one attached hydrogen (secondary N) is 2. The van der Waals surface area contributed by atoms with E-state index < -0.39 is 6.17 Å². The van der Waals surface area contributed by atoms with Crippen LogP contribution < -0.4 is 16.6 Å². The fourth-order valence-corrected chi connectivity index (χ4v) is 5.22. The Morgan fingerprint density at radius 1 is 1.17 bits per heavy atom. The van der Waals surface area contributed by atoms with Crippen LogP contribution in [0.2, 0.25) is 0 Å². The number of H-pyrrole nitrogens is 1. The number of rotatable bonds is 6. The lowest BCUT2D eigenvalue weighted by Gasteiger charge is -2.32. The van der Waals surface area contributed by atoms with Crippen LogP contribution in [0.3, 0.4) is 0 Å². The first kappa shape index (κ1) is 24.0. The molecule has 2 aliphatic rings. The maximum atomic E-state index is 13.2. The lowest BCUT2D eigenvalue weighted by Crippen LogP contribution is -2.44. The molecule has 0 radical (unpaired) electrons. The number of aromatic amines is 1. The summed E-state index contributed by atoms with van der Waals surface area (Å²) in [4.78, 5) is 39.8. The molecule has 0 bridgehead atoms. The smallest absolute Gasteiger partial charge is 0.267 e. The molecule has 5 rings (SSSR count). The molecule has 1 aliphatic carbocycles. The molecule has 2 aromatic heterocycles. The Hall–Kier alpha value is -3.72. The monoisotopic (exact) mass is 489 g/mol. The number of hydrogen-bond acceptors (Lipinski definition) is 6. The summed E-state index contributed by atoms with van der Waals surface area (Å²) in [5.41, 5.74) is 11.1. The van der Waals surface area contributed by atoms with Gasteiger partial charge in [0.15, 0.2) is 0 Å². The fraction of sp³-hybridized carbons (Fsp3) is 0.407. The Morgan fingerprint density at radius 3 is 2.69 bits per heavy atom. The normalized spacial score (nSPS) is 16.9. The van der Waals surface area contributed by atoms with Crippen LogP contribution in [0.1, 0.15) is 70.2 Å². The average Bonchev–Trinajstić information content (AvgIpc) is 3.46. The summed E-state index contributed by atoms with van der Waals surface area (Å²) in [5.74, 6) is -0.326. The van der Waals surface area contributed by atoms with Gasteiger partial charge in [-0.2, -0.15) is 5.10 Å². The van der Waals surface area contributed by atoms with Crippen LogP contribution in [-0.2, 0) is 24.1 Å². The molecule has 2 amide bonds. The number of amides is 2. The Labute approximate surface area is 209 Å². The van der Waals surface area contributed by atoms with Crippen molar-refractivity contribution in [1.29, 1.82) is 0 Å².